The van der Waals surface area contributed by atoms with E-state index < -0.39 is 0 Å². The van der Waals surface area contributed by atoms with Crippen LogP contribution in [0.2, 0.25) is 4.34 Å². The number of benzene rings is 1. The van der Waals surface area contributed by atoms with E-state index in [-0.39, 0.29) is 11.2 Å². The number of aryl methyl sites for hydroxylation is 1. The van der Waals surface area contributed by atoms with Crippen molar-refractivity contribution in [2.45, 2.75) is 25.8 Å². The number of nitrogens with zero attached hydrogens (tertiary/aromatic N) is 2. The zero-order chi connectivity index (χ0) is 15.1. The lowest BCUT2D eigenvalue weighted by Gasteiger charge is -2.09. The molecular weight excluding hydrogens is 330 g/mol. The second-order valence-electron chi connectivity index (χ2n) is 4.97. The van der Waals surface area contributed by atoms with Crippen LogP contribution in [0.15, 0.2) is 24.3 Å². The summed E-state index contributed by atoms with van der Waals surface area (Å²) >= 11 is 13.7. The summed E-state index contributed by atoms with van der Waals surface area (Å²) in [5.74, 6) is 0.487. The molecule has 3 aromatic rings. The first-order valence-corrected chi connectivity index (χ1v) is 8.13. The van der Waals surface area contributed by atoms with Gasteiger partial charge in [-0.25, -0.2) is 9.37 Å². The Labute approximate surface area is 136 Å². The first kappa shape index (κ1) is 14.8. The first-order chi connectivity index (χ1) is 9.95. The van der Waals surface area contributed by atoms with E-state index in [1.807, 2.05) is 29.7 Å². The SMILES string of the molecule is Cc1cc2c(cc1F)nc(C(C)Cl)n2Cc1ccc(Cl)s1. The van der Waals surface area contributed by atoms with E-state index in [1.54, 1.807) is 6.92 Å². The summed E-state index contributed by atoms with van der Waals surface area (Å²) < 4.78 is 16.5. The fourth-order valence-electron chi connectivity index (χ4n) is 2.33. The lowest BCUT2D eigenvalue weighted by atomic mass is 10.2. The Kier molecular flexibility index (Phi) is 3.95. The molecule has 0 saturated heterocycles. The number of fused-ring (bicyclic) bond motifs is 1. The summed E-state index contributed by atoms with van der Waals surface area (Å²) in [5, 5.41) is -0.254. The van der Waals surface area contributed by atoms with Crippen molar-refractivity contribution < 1.29 is 4.39 Å². The van der Waals surface area contributed by atoms with Crippen LogP contribution in [-0.4, -0.2) is 9.55 Å². The number of imidazole rings is 1. The Bertz CT molecular complexity index is 807. The van der Waals surface area contributed by atoms with Crippen molar-refractivity contribution in [3.63, 3.8) is 0 Å². The predicted molar refractivity (Wildman–Crippen MR) is 87.1 cm³/mol. The Morgan fingerprint density at radius 2 is 2.14 bits per heavy atom. The van der Waals surface area contributed by atoms with Crippen molar-refractivity contribution in [2.75, 3.05) is 0 Å². The normalized spacial score (nSPS) is 13.0. The van der Waals surface area contributed by atoms with Crippen molar-refractivity contribution in [1.29, 1.82) is 0 Å². The summed E-state index contributed by atoms with van der Waals surface area (Å²) in [6, 6.07) is 7.13. The van der Waals surface area contributed by atoms with E-state index in [9.17, 15) is 4.39 Å². The number of thiophene rings is 1. The van der Waals surface area contributed by atoms with Gasteiger partial charge in [0, 0.05) is 10.9 Å². The van der Waals surface area contributed by atoms with Crippen LogP contribution in [0.3, 0.4) is 0 Å². The molecule has 110 valence electrons. The zero-order valence-corrected chi connectivity index (χ0v) is 13.9. The van der Waals surface area contributed by atoms with E-state index in [4.69, 9.17) is 23.2 Å². The maximum Gasteiger partial charge on any atom is 0.128 e. The van der Waals surface area contributed by atoms with E-state index in [0.29, 0.717) is 17.6 Å². The minimum absolute atomic E-state index is 0.250. The second kappa shape index (κ2) is 5.59. The number of rotatable bonds is 3. The van der Waals surface area contributed by atoms with Gasteiger partial charge in [0.1, 0.15) is 11.6 Å². The highest BCUT2D eigenvalue weighted by molar-refractivity contribution is 7.16. The van der Waals surface area contributed by atoms with Crippen molar-refractivity contribution in [3.05, 3.63) is 50.7 Å². The molecule has 0 aliphatic heterocycles. The van der Waals surface area contributed by atoms with E-state index >= 15 is 0 Å². The van der Waals surface area contributed by atoms with Crippen LogP contribution >= 0.6 is 34.5 Å². The van der Waals surface area contributed by atoms with Gasteiger partial charge >= 0.3 is 0 Å². The third-order valence-electron chi connectivity index (χ3n) is 3.36. The van der Waals surface area contributed by atoms with E-state index in [1.165, 1.54) is 17.4 Å². The molecule has 0 amide bonds. The highest BCUT2D eigenvalue weighted by Gasteiger charge is 2.17. The third kappa shape index (κ3) is 2.80. The molecular formula is C15H13Cl2FN2S. The molecule has 0 radical (unpaired) electrons. The molecule has 0 fully saturated rings. The minimum atomic E-state index is -0.254. The highest BCUT2D eigenvalue weighted by atomic mass is 35.5. The summed E-state index contributed by atoms with van der Waals surface area (Å²) in [7, 11) is 0. The van der Waals surface area contributed by atoms with Crippen LogP contribution in [0.25, 0.3) is 11.0 Å². The number of hydrogen-bond donors (Lipinski definition) is 0. The number of hydrogen-bond acceptors (Lipinski definition) is 2. The van der Waals surface area contributed by atoms with Crippen LogP contribution in [0, 0.1) is 12.7 Å². The summed E-state index contributed by atoms with van der Waals surface area (Å²) in [4.78, 5) is 5.59. The molecule has 0 bridgehead atoms. The highest BCUT2D eigenvalue weighted by Crippen LogP contribution is 2.29. The zero-order valence-electron chi connectivity index (χ0n) is 11.5. The average molecular weight is 343 g/mol. The molecule has 0 aliphatic carbocycles. The minimum Gasteiger partial charge on any atom is -0.321 e. The van der Waals surface area contributed by atoms with Gasteiger partial charge in [-0.3, -0.25) is 0 Å². The van der Waals surface area contributed by atoms with Gasteiger partial charge in [-0.1, -0.05) is 11.6 Å². The Morgan fingerprint density at radius 1 is 1.38 bits per heavy atom. The molecule has 0 spiro atoms. The summed E-state index contributed by atoms with van der Waals surface area (Å²) in [5.41, 5.74) is 2.12. The summed E-state index contributed by atoms with van der Waals surface area (Å²) in [6.07, 6.45) is 0. The van der Waals surface area contributed by atoms with Gasteiger partial charge in [0.2, 0.25) is 0 Å². The van der Waals surface area contributed by atoms with Gasteiger partial charge in [-0.2, -0.15) is 0 Å². The maximum atomic E-state index is 13.7. The van der Waals surface area contributed by atoms with Crippen LogP contribution < -0.4 is 0 Å². The van der Waals surface area contributed by atoms with Gasteiger partial charge in [-0.15, -0.1) is 22.9 Å². The van der Waals surface area contributed by atoms with E-state index in [2.05, 4.69) is 4.98 Å². The molecule has 1 aromatic carbocycles. The van der Waals surface area contributed by atoms with Crippen molar-refractivity contribution in [3.8, 4) is 0 Å². The number of aromatic nitrogens is 2. The first-order valence-electron chi connectivity index (χ1n) is 6.50. The lowest BCUT2D eigenvalue weighted by Crippen LogP contribution is -2.04. The Hall–Kier alpha value is -1.10. The fourth-order valence-corrected chi connectivity index (χ4v) is 3.57. The Balaban J connectivity index is 2.17. The fraction of sp³-hybridized carbons (Fsp3) is 0.267. The molecule has 0 aliphatic rings. The second-order valence-corrected chi connectivity index (χ2v) is 7.42. The predicted octanol–water partition coefficient (Wildman–Crippen LogP) is 5.55. The molecule has 3 rings (SSSR count). The van der Waals surface area contributed by atoms with E-state index in [0.717, 1.165) is 20.6 Å². The molecule has 2 heterocycles. The van der Waals surface area contributed by atoms with Crippen LogP contribution in [0.5, 0.6) is 0 Å². The average Bonchev–Trinajstić information content (AvgIpc) is 2.96. The number of alkyl halides is 1. The largest absolute Gasteiger partial charge is 0.321 e. The molecule has 0 N–H and O–H groups in total. The van der Waals surface area contributed by atoms with Crippen LogP contribution in [0.4, 0.5) is 4.39 Å². The topological polar surface area (TPSA) is 17.8 Å². The Morgan fingerprint density at radius 3 is 2.76 bits per heavy atom. The molecule has 1 atom stereocenters. The van der Waals surface area contributed by atoms with Crippen molar-refractivity contribution >= 4 is 45.6 Å². The maximum absolute atomic E-state index is 13.7. The molecule has 21 heavy (non-hydrogen) atoms. The van der Waals surface area contributed by atoms with Crippen LogP contribution in [0.1, 0.15) is 28.6 Å². The van der Waals surface area contributed by atoms with Gasteiger partial charge in [0.15, 0.2) is 0 Å². The van der Waals surface area contributed by atoms with Gasteiger partial charge in [0.25, 0.3) is 0 Å². The quantitative estimate of drug-likeness (QED) is 0.571. The molecule has 0 saturated carbocycles. The van der Waals surface area contributed by atoms with Crippen molar-refractivity contribution in [2.24, 2.45) is 0 Å². The van der Waals surface area contributed by atoms with Crippen LogP contribution in [-0.2, 0) is 6.54 Å². The van der Waals surface area contributed by atoms with Gasteiger partial charge in [-0.05, 0) is 37.6 Å². The molecule has 1 unspecified atom stereocenters. The smallest absolute Gasteiger partial charge is 0.128 e. The molecule has 2 aromatic heterocycles. The van der Waals surface area contributed by atoms with Gasteiger partial charge in [0.05, 0.1) is 27.3 Å². The monoisotopic (exact) mass is 342 g/mol. The third-order valence-corrected chi connectivity index (χ3v) is 4.77. The van der Waals surface area contributed by atoms with Crippen molar-refractivity contribution in [1.82, 2.24) is 9.55 Å². The standard InChI is InChI=1S/C15H13Cl2FN2S/c1-8-5-13-12(6-11(8)18)19-15(9(2)16)20(13)7-10-3-4-14(17)21-10/h3-6,9H,7H2,1-2H3. The van der Waals surface area contributed by atoms with Gasteiger partial charge < -0.3 is 4.57 Å². The summed E-state index contributed by atoms with van der Waals surface area (Å²) in [6.45, 7) is 4.24. The molecule has 2 nitrogen and oxygen atoms in total. The number of halogens is 3. The lowest BCUT2D eigenvalue weighted by molar-refractivity contribution is 0.620. The molecule has 6 heteroatoms.